The van der Waals surface area contributed by atoms with Gasteiger partial charge < -0.3 is 0 Å². The molecule has 0 aromatic carbocycles. The van der Waals surface area contributed by atoms with Crippen molar-refractivity contribution < 1.29 is 4.79 Å². The molecule has 0 saturated heterocycles. The van der Waals surface area contributed by atoms with Gasteiger partial charge in [-0.1, -0.05) is 0 Å². The number of aryl methyl sites for hydroxylation is 1. The van der Waals surface area contributed by atoms with E-state index in [1.807, 2.05) is 13.0 Å². The summed E-state index contributed by atoms with van der Waals surface area (Å²) in [5, 5.41) is 0. The SMILES string of the molecule is CC(=O)Cc1ccncn1.Cc1ccncn1. The van der Waals surface area contributed by atoms with Gasteiger partial charge in [0.1, 0.15) is 18.4 Å². The Hall–Kier alpha value is -2.17. The number of carbonyl (C=O) groups excluding carboxylic acids is 1. The summed E-state index contributed by atoms with van der Waals surface area (Å²) < 4.78 is 0. The Labute approximate surface area is 100.0 Å². The molecule has 2 rings (SSSR count). The summed E-state index contributed by atoms with van der Waals surface area (Å²) in [5.41, 5.74) is 1.79. The molecular formula is C12H14N4O. The highest BCUT2D eigenvalue weighted by atomic mass is 16.1. The summed E-state index contributed by atoms with van der Waals surface area (Å²) in [4.78, 5) is 25.8. The first kappa shape index (κ1) is 12.9. The van der Waals surface area contributed by atoms with Crippen molar-refractivity contribution in [3.63, 3.8) is 0 Å². The van der Waals surface area contributed by atoms with E-state index in [9.17, 15) is 4.79 Å². The second-order valence-corrected chi connectivity index (χ2v) is 3.43. The van der Waals surface area contributed by atoms with Gasteiger partial charge in [-0.15, -0.1) is 0 Å². The van der Waals surface area contributed by atoms with Crippen molar-refractivity contribution in [3.8, 4) is 0 Å². The van der Waals surface area contributed by atoms with Crippen LogP contribution in [0.4, 0.5) is 0 Å². The van der Waals surface area contributed by atoms with E-state index in [0.717, 1.165) is 11.4 Å². The number of rotatable bonds is 2. The minimum atomic E-state index is 0.124. The first-order valence-corrected chi connectivity index (χ1v) is 5.15. The van der Waals surface area contributed by atoms with E-state index in [-0.39, 0.29) is 5.78 Å². The van der Waals surface area contributed by atoms with Crippen LogP contribution < -0.4 is 0 Å². The molecule has 0 aliphatic carbocycles. The van der Waals surface area contributed by atoms with Crippen molar-refractivity contribution in [2.75, 3.05) is 0 Å². The van der Waals surface area contributed by atoms with Crippen molar-refractivity contribution in [1.82, 2.24) is 19.9 Å². The lowest BCUT2D eigenvalue weighted by atomic mass is 10.2. The second kappa shape index (κ2) is 7.16. The van der Waals surface area contributed by atoms with Crippen LogP contribution in [0.3, 0.4) is 0 Å². The number of hydrogen-bond donors (Lipinski definition) is 0. The van der Waals surface area contributed by atoms with Gasteiger partial charge in [0.25, 0.3) is 0 Å². The van der Waals surface area contributed by atoms with E-state index in [1.54, 1.807) is 25.4 Å². The number of aromatic nitrogens is 4. The number of carbonyl (C=O) groups is 1. The lowest BCUT2D eigenvalue weighted by Gasteiger charge is -1.92. The molecule has 0 atom stereocenters. The van der Waals surface area contributed by atoms with Crippen molar-refractivity contribution >= 4 is 5.78 Å². The maximum absolute atomic E-state index is 10.6. The standard InChI is InChI=1S/C7H8N2O.C5H6N2/c1-6(10)4-7-2-3-8-5-9-7;1-5-2-3-6-4-7-5/h2-3,5H,4H2,1H3;2-4H,1H3. The first-order chi connectivity index (χ1) is 8.18. The Morgan fingerprint density at radius 2 is 1.76 bits per heavy atom. The summed E-state index contributed by atoms with van der Waals surface area (Å²) in [5.74, 6) is 0.124. The maximum Gasteiger partial charge on any atom is 0.135 e. The van der Waals surface area contributed by atoms with Gasteiger partial charge in [0.05, 0.1) is 5.69 Å². The van der Waals surface area contributed by atoms with E-state index in [1.165, 1.54) is 12.7 Å². The maximum atomic E-state index is 10.6. The summed E-state index contributed by atoms with van der Waals surface area (Å²) in [6.07, 6.45) is 6.74. The molecule has 2 aromatic rings. The van der Waals surface area contributed by atoms with Gasteiger partial charge in [0, 0.05) is 24.5 Å². The highest BCUT2D eigenvalue weighted by Crippen LogP contribution is 1.92. The van der Waals surface area contributed by atoms with E-state index in [0.29, 0.717) is 6.42 Å². The van der Waals surface area contributed by atoms with Crippen molar-refractivity contribution in [2.24, 2.45) is 0 Å². The molecule has 0 unspecified atom stereocenters. The summed E-state index contributed by atoms with van der Waals surface area (Å²) >= 11 is 0. The smallest absolute Gasteiger partial charge is 0.135 e. The predicted octanol–water partition coefficient (Wildman–Crippen LogP) is 1.39. The van der Waals surface area contributed by atoms with E-state index in [2.05, 4.69) is 19.9 Å². The first-order valence-electron chi connectivity index (χ1n) is 5.15. The molecule has 2 aromatic heterocycles. The molecule has 88 valence electrons. The molecule has 0 amide bonds. The van der Waals surface area contributed by atoms with Gasteiger partial charge >= 0.3 is 0 Å². The Balaban J connectivity index is 0.000000181. The van der Waals surface area contributed by atoms with E-state index in [4.69, 9.17) is 0 Å². The van der Waals surface area contributed by atoms with Crippen LogP contribution in [-0.4, -0.2) is 25.7 Å². The molecule has 0 aliphatic heterocycles. The fraction of sp³-hybridized carbons (Fsp3) is 0.250. The third kappa shape index (κ3) is 6.09. The molecule has 5 heteroatoms. The lowest BCUT2D eigenvalue weighted by molar-refractivity contribution is -0.116. The van der Waals surface area contributed by atoms with Crippen LogP contribution >= 0.6 is 0 Å². The normalized spacial score (nSPS) is 9.06. The quantitative estimate of drug-likeness (QED) is 0.779. The van der Waals surface area contributed by atoms with Crippen LogP contribution in [0.5, 0.6) is 0 Å². The lowest BCUT2D eigenvalue weighted by Crippen LogP contribution is -1.98. The molecular weight excluding hydrogens is 216 g/mol. The molecule has 0 fully saturated rings. The van der Waals surface area contributed by atoms with Gasteiger partial charge in [0.15, 0.2) is 0 Å². The van der Waals surface area contributed by atoms with Crippen LogP contribution in [0.1, 0.15) is 18.3 Å². The van der Waals surface area contributed by atoms with Crippen LogP contribution in [0.2, 0.25) is 0 Å². The van der Waals surface area contributed by atoms with E-state index >= 15 is 0 Å². The number of Topliss-reactive ketones (excluding diaryl/α,β-unsaturated/α-hetero) is 1. The Bertz CT molecular complexity index is 445. The molecule has 2 heterocycles. The minimum Gasteiger partial charge on any atom is -0.300 e. The van der Waals surface area contributed by atoms with Gasteiger partial charge in [-0.05, 0) is 26.0 Å². The molecule has 0 saturated carbocycles. The van der Waals surface area contributed by atoms with Gasteiger partial charge in [-0.2, -0.15) is 0 Å². The van der Waals surface area contributed by atoms with Gasteiger partial charge in [0.2, 0.25) is 0 Å². The molecule has 0 N–H and O–H groups in total. The third-order valence-electron chi connectivity index (χ3n) is 1.80. The number of nitrogens with zero attached hydrogens (tertiary/aromatic N) is 4. The third-order valence-corrected chi connectivity index (χ3v) is 1.80. The van der Waals surface area contributed by atoms with Crippen LogP contribution in [0.25, 0.3) is 0 Å². The zero-order chi connectivity index (χ0) is 12.5. The van der Waals surface area contributed by atoms with Crippen molar-refractivity contribution in [2.45, 2.75) is 20.3 Å². The van der Waals surface area contributed by atoms with E-state index < -0.39 is 0 Å². The fourth-order valence-corrected chi connectivity index (χ4v) is 1.03. The topological polar surface area (TPSA) is 68.6 Å². The highest BCUT2D eigenvalue weighted by molar-refractivity contribution is 5.77. The van der Waals surface area contributed by atoms with Crippen LogP contribution in [-0.2, 0) is 11.2 Å². The van der Waals surface area contributed by atoms with Gasteiger partial charge in [-0.3, -0.25) is 4.79 Å². The Morgan fingerprint density at radius 3 is 2.12 bits per heavy atom. The molecule has 17 heavy (non-hydrogen) atoms. The monoisotopic (exact) mass is 230 g/mol. The Kier molecular flexibility index (Phi) is 5.43. The molecule has 0 radical (unpaired) electrons. The highest BCUT2D eigenvalue weighted by Gasteiger charge is 1.95. The van der Waals surface area contributed by atoms with Crippen LogP contribution in [0.15, 0.2) is 37.2 Å². The molecule has 0 aliphatic rings. The Morgan fingerprint density at radius 1 is 1.12 bits per heavy atom. The minimum absolute atomic E-state index is 0.124. The molecule has 0 spiro atoms. The summed E-state index contributed by atoms with van der Waals surface area (Å²) in [7, 11) is 0. The van der Waals surface area contributed by atoms with Gasteiger partial charge in [-0.25, -0.2) is 19.9 Å². The summed E-state index contributed by atoms with van der Waals surface area (Å²) in [6.45, 7) is 3.48. The zero-order valence-corrected chi connectivity index (χ0v) is 9.87. The second-order valence-electron chi connectivity index (χ2n) is 3.43. The summed E-state index contributed by atoms with van der Waals surface area (Å²) in [6, 6.07) is 3.60. The van der Waals surface area contributed by atoms with Crippen molar-refractivity contribution in [3.05, 3.63) is 48.6 Å². The average molecular weight is 230 g/mol. The number of hydrogen-bond acceptors (Lipinski definition) is 5. The number of ketones is 1. The van der Waals surface area contributed by atoms with Crippen molar-refractivity contribution in [1.29, 1.82) is 0 Å². The predicted molar refractivity (Wildman–Crippen MR) is 63.2 cm³/mol. The zero-order valence-electron chi connectivity index (χ0n) is 9.87. The molecule has 5 nitrogen and oxygen atoms in total. The fourth-order valence-electron chi connectivity index (χ4n) is 1.03. The average Bonchev–Trinajstić information content (AvgIpc) is 2.31. The molecule has 0 bridgehead atoms. The largest absolute Gasteiger partial charge is 0.300 e. The van der Waals surface area contributed by atoms with Crippen LogP contribution in [0, 0.1) is 6.92 Å².